The Morgan fingerprint density at radius 2 is 1.90 bits per heavy atom. The molecule has 0 fully saturated rings. The minimum Gasteiger partial charge on any atom is -0.480 e. The molecule has 1 amide bonds. The summed E-state index contributed by atoms with van der Waals surface area (Å²) < 4.78 is 5.04. The number of hydrogen-bond donors (Lipinski definition) is 2. The quantitative estimate of drug-likeness (QED) is 0.708. The van der Waals surface area contributed by atoms with Gasteiger partial charge >= 0.3 is 11.9 Å². The fourth-order valence-corrected chi connectivity index (χ4v) is 1.63. The molecule has 0 heterocycles. The van der Waals surface area contributed by atoms with E-state index >= 15 is 0 Å². The minimum absolute atomic E-state index is 0.00863. The van der Waals surface area contributed by atoms with Gasteiger partial charge in [-0.3, -0.25) is 9.59 Å². The predicted octanol–water partition coefficient (Wildman–Crippen LogP) is 1.49. The molecule has 0 spiro atoms. The zero-order chi connectivity index (χ0) is 15.7. The molecular formula is C15H19NO5. The Labute approximate surface area is 123 Å². The van der Waals surface area contributed by atoms with Gasteiger partial charge in [0.25, 0.3) is 0 Å². The van der Waals surface area contributed by atoms with Crippen LogP contribution in [0.5, 0.6) is 0 Å². The molecule has 114 valence electrons. The lowest BCUT2D eigenvalue weighted by Gasteiger charge is -2.13. The van der Waals surface area contributed by atoms with Gasteiger partial charge in [0.2, 0.25) is 5.91 Å². The number of benzene rings is 1. The van der Waals surface area contributed by atoms with Gasteiger partial charge in [-0.05, 0) is 12.0 Å². The summed E-state index contributed by atoms with van der Waals surface area (Å²) in [6, 6.07) is 8.12. The maximum absolute atomic E-state index is 11.6. The molecule has 0 saturated carbocycles. The van der Waals surface area contributed by atoms with Crippen molar-refractivity contribution >= 4 is 17.8 Å². The van der Waals surface area contributed by atoms with Crippen molar-refractivity contribution in [2.45, 2.75) is 38.8 Å². The lowest BCUT2D eigenvalue weighted by Crippen LogP contribution is -2.40. The third kappa shape index (κ3) is 6.56. The summed E-state index contributed by atoms with van der Waals surface area (Å²) in [5, 5.41) is 11.3. The van der Waals surface area contributed by atoms with Gasteiger partial charge in [0.05, 0.1) is 0 Å². The predicted molar refractivity (Wildman–Crippen MR) is 75.3 cm³/mol. The first-order valence-electron chi connectivity index (χ1n) is 6.74. The minimum atomic E-state index is -1.16. The van der Waals surface area contributed by atoms with E-state index in [4.69, 9.17) is 9.84 Å². The number of aliphatic carboxylic acids is 1. The van der Waals surface area contributed by atoms with E-state index in [0.717, 1.165) is 5.56 Å². The van der Waals surface area contributed by atoms with Gasteiger partial charge < -0.3 is 15.2 Å². The summed E-state index contributed by atoms with van der Waals surface area (Å²) in [7, 11) is 0. The second kappa shape index (κ2) is 8.73. The van der Waals surface area contributed by atoms with E-state index in [1.807, 2.05) is 30.3 Å². The molecule has 0 unspecified atom stereocenters. The maximum atomic E-state index is 11.6. The highest BCUT2D eigenvalue weighted by Gasteiger charge is 2.20. The van der Waals surface area contributed by atoms with Crippen molar-refractivity contribution < 1.29 is 24.2 Å². The van der Waals surface area contributed by atoms with Crippen LogP contribution in [-0.4, -0.2) is 29.0 Å². The molecule has 0 aliphatic carbocycles. The van der Waals surface area contributed by atoms with E-state index in [1.165, 1.54) is 0 Å². The number of hydrogen-bond acceptors (Lipinski definition) is 4. The Bertz CT molecular complexity index is 486. The summed E-state index contributed by atoms with van der Waals surface area (Å²) >= 11 is 0. The van der Waals surface area contributed by atoms with Crippen LogP contribution in [0.3, 0.4) is 0 Å². The zero-order valence-corrected chi connectivity index (χ0v) is 11.9. The zero-order valence-electron chi connectivity index (χ0n) is 11.9. The van der Waals surface area contributed by atoms with Crippen molar-refractivity contribution in [1.29, 1.82) is 0 Å². The van der Waals surface area contributed by atoms with Gasteiger partial charge in [-0.1, -0.05) is 37.3 Å². The van der Waals surface area contributed by atoms with Crippen LogP contribution < -0.4 is 5.32 Å². The third-order valence-electron chi connectivity index (χ3n) is 2.83. The highest BCUT2D eigenvalue weighted by Crippen LogP contribution is 2.05. The van der Waals surface area contributed by atoms with Gasteiger partial charge in [0, 0.05) is 12.8 Å². The lowest BCUT2D eigenvalue weighted by atomic mass is 10.1. The molecule has 0 bridgehead atoms. The summed E-state index contributed by atoms with van der Waals surface area (Å²) in [5.74, 6) is -2.01. The highest BCUT2D eigenvalue weighted by atomic mass is 16.5. The van der Waals surface area contributed by atoms with E-state index in [-0.39, 0.29) is 31.8 Å². The van der Waals surface area contributed by atoms with Crippen molar-refractivity contribution in [2.24, 2.45) is 0 Å². The highest BCUT2D eigenvalue weighted by molar-refractivity contribution is 5.83. The fraction of sp³-hybridized carbons (Fsp3) is 0.400. The molecular weight excluding hydrogens is 274 g/mol. The Hall–Kier alpha value is -2.37. The van der Waals surface area contributed by atoms with Crippen molar-refractivity contribution in [1.82, 2.24) is 5.32 Å². The van der Waals surface area contributed by atoms with Crippen molar-refractivity contribution in [3.63, 3.8) is 0 Å². The van der Waals surface area contributed by atoms with Gasteiger partial charge in [0.1, 0.15) is 12.6 Å². The van der Waals surface area contributed by atoms with Crippen LogP contribution in [0.2, 0.25) is 0 Å². The number of ether oxygens (including phenoxy) is 1. The molecule has 21 heavy (non-hydrogen) atoms. The van der Waals surface area contributed by atoms with Crippen molar-refractivity contribution in [2.75, 3.05) is 0 Å². The molecule has 6 nitrogen and oxygen atoms in total. The second-order valence-corrected chi connectivity index (χ2v) is 4.50. The van der Waals surface area contributed by atoms with Crippen LogP contribution in [0.1, 0.15) is 31.7 Å². The van der Waals surface area contributed by atoms with E-state index in [2.05, 4.69) is 5.32 Å². The fourth-order valence-electron chi connectivity index (χ4n) is 1.63. The molecule has 1 rings (SSSR count). The van der Waals surface area contributed by atoms with Crippen LogP contribution in [0, 0.1) is 0 Å². The summed E-state index contributed by atoms with van der Waals surface area (Å²) in [6.45, 7) is 1.78. The number of esters is 1. The van der Waals surface area contributed by atoms with Gasteiger partial charge in [-0.15, -0.1) is 0 Å². The molecule has 0 aliphatic heterocycles. The number of carboxylic acid groups (broad SMARTS) is 1. The monoisotopic (exact) mass is 293 g/mol. The number of carbonyl (C=O) groups excluding carboxylic acids is 2. The summed E-state index contributed by atoms with van der Waals surface area (Å²) in [5.41, 5.74) is 0.861. The van der Waals surface area contributed by atoms with Crippen LogP contribution in [0.4, 0.5) is 0 Å². The standard InChI is InChI=1S/C15H19NO5/c1-2-13(17)16-12(15(19)20)8-9-14(18)21-10-11-6-4-3-5-7-11/h3-7,12H,2,8-10H2,1H3,(H,16,17)(H,19,20)/t12-/m0/s1. The van der Waals surface area contributed by atoms with E-state index in [0.29, 0.717) is 0 Å². The summed E-state index contributed by atoms with van der Waals surface area (Å²) in [6.07, 6.45) is 0.144. The molecule has 1 aromatic carbocycles. The second-order valence-electron chi connectivity index (χ2n) is 4.50. The first kappa shape index (κ1) is 16.7. The topological polar surface area (TPSA) is 92.7 Å². The maximum Gasteiger partial charge on any atom is 0.326 e. The Morgan fingerprint density at radius 1 is 1.24 bits per heavy atom. The van der Waals surface area contributed by atoms with E-state index in [9.17, 15) is 14.4 Å². The SMILES string of the molecule is CCC(=O)N[C@@H](CCC(=O)OCc1ccccc1)C(=O)O. The van der Waals surface area contributed by atoms with E-state index < -0.39 is 18.0 Å². The van der Waals surface area contributed by atoms with E-state index in [1.54, 1.807) is 6.92 Å². The third-order valence-corrected chi connectivity index (χ3v) is 2.83. The average Bonchev–Trinajstić information content (AvgIpc) is 2.49. The Balaban J connectivity index is 2.36. The largest absolute Gasteiger partial charge is 0.480 e. The van der Waals surface area contributed by atoms with Crippen molar-refractivity contribution in [3.8, 4) is 0 Å². The molecule has 0 aliphatic rings. The number of amides is 1. The van der Waals surface area contributed by atoms with Crippen LogP contribution in [0.15, 0.2) is 30.3 Å². The molecule has 0 saturated heterocycles. The summed E-state index contributed by atoms with van der Waals surface area (Å²) in [4.78, 5) is 33.7. The molecule has 2 N–H and O–H groups in total. The smallest absolute Gasteiger partial charge is 0.326 e. The number of carbonyl (C=O) groups is 3. The normalized spacial score (nSPS) is 11.5. The Morgan fingerprint density at radius 3 is 2.48 bits per heavy atom. The van der Waals surface area contributed by atoms with Crippen LogP contribution >= 0.6 is 0 Å². The molecule has 1 aromatic rings. The lowest BCUT2D eigenvalue weighted by molar-refractivity contribution is -0.146. The molecule has 6 heteroatoms. The van der Waals surface area contributed by atoms with Gasteiger partial charge in [-0.2, -0.15) is 0 Å². The van der Waals surface area contributed by atoms with Crippen LogP contribution in [0.25, 0.3) is 0 Å². The van der Waals surface area contributed by atoms with Crippen molar-refractivity contribution in [3.05, 3.63) is 35.9 Å². The van der Waals surface area contributed by atoms with Crippen LogP contribution in [-0.2, 0) is 25.7 Å². The first-order valence-corrected chi connectivity index (χ1v) is 6.74. The Kier molecular flexibility index (Phi) is 6.94. The number of carboxylic acids is 1. The van der Waals surface area contributed by atoms with Gasteiger partial charge in [-0.25, -0.2) is 4.79 Å². The average molecular weight is 293 g/mol. The number of rotatable bonds is 8. The van der Waals surface area contributed by atoms with Gasteiger partial charge in [0.15, 0.2) is 0 Å². The molecule has 0 radical (unpaired) electrons. The first-order chi connectivity index (χ1) is 10.0. The molecule has 0 aromatic heterocycles. The molecule has 1 atom stereocenters. The number of nitrogens with one attached hydrogen (secondary N) is 1.